The van der Waals surface area contributed by atoms with E-state index in [4.69, 9.17) is 15.9 Å². The number of methoxy groups -OCH3 is 1. The highest BCUT2D eigenvalue weighted by Crippen LogP contribution is 2.23. The Morgan fingerprint density at radius 1 is 0.964 bits per heavy atom. The van der Waals surface area contributed by atoms with Gasteiger partial charge in [0.15, 0.2) is 6.10 Å². The molecule has 0 fully saturated rings. The lowest BCUT2D eigenvalue weighted by molar-refractivity contribution is -0.131. The van der Waals surface area contributed by atoms with Gasteiger partial charge in [-0.2, -0.15) is 0 Å². The average Bonchev–Trinajstić information content (AvgIpc) is 2.74. The maximum Gasteiger partial charge on any atom is 0.254 e. The standard InChI is InChI=1S/C23H23N3O2/c1-28-21(19-13-11-18(12-14-19)17-5-3-2-4-6-17)23(27)26-15-16-7-9-20(10-8-16)22(24)25/h2-14,21H,15H2,1H3,(H3,24,25)(H,26,27). The first-order valence-electron chi connectivity index (χ1n) is 8.97. The van der Waals surface area contributed by atoms with Gasteiger partial charge in [-0.1, -0.05) is 78.9 Å². The van der Waals surface area contributed by atoms with Crippen LogP contribution in [0.5, 0.6) is 0 Å². The molecule has 28 heavy (non-hydrogen) atoms. The van der Waals surface area contributed by atoms with Gasteiger partial charge in [-0.05, 0) is 22.3 Å². The minimum Gasteiger partial charge on any atom is -0.384 e. The molecule has 0 heterocycles. The molecule has 3 aromatic rings. The zero-order chi connectivity index (χ0) is 19.9. The summed E-state index contributed by atoms with van der Waals surface area (Å²) in [6.07, 6.45) is -0.679. The summed E-state index contributed by atoms with van der Waals surface area (Å²) in [5, 5.41) is 10.3. The molecular formula is C23H23N3O2. The van der Waals surface area contributed by atoms with E-state index in [2.05, 4.69) is 5.32 Å². The summed E-state index contributed by atoms with van der Waals surface area (Å²) in [6.45, 7) is 0.374. The molecule has 3 aromatic carbocycles. The van der Waals surface area contributed by atoms with Gasteiger partial charge >= 0.3 is 0 Å². The van der Waals surface area contributed by atoms with Crippen molar-refractivity contribution in [1.29, 1.82) is 5.41 Å². The number of carbonyl (C=O) groups is 1. The lowest BCUT2D eigenvalue weighted by Gasteiger charge is -2.16. The predicted molar refractivity (Wildman–Crippen MR) is 111 cm³/mol. The van der Waals surface area contributed by atoms with E-state index in [0.29, 0.717) is 12.1 Å². The number of amides is 1. The fourth-order valence-electron chi connectivity index (χ4n) is 2.96. The Bertz CT molecular complexity index is 936. The van der Waals surface area contributed by atoms with Gasteiger partial charge in [-0.15, -0.1) is 0 Å². The second-order valence-electron chi connectivity index (χ2n) is 6.43. The van der Waals surface area contributed by atoms with Crippen molar-refractivity contribution in [1.82, 2.24) is 5.32 Å². The molecule has 0 saturated carbocycles. The van der Waals surface area contributed by atoms with Crippen LogP contribution in [-0.2, 0) is 16.1 Å². The van der Waals surface area contributed by atoms with Crippen molar-refractivity contribution in [3.63, 3.8) is 0 Å². The average molecular weight is 373 g/mol. The highest BCUT2D eigenvalue weighted by Gasteiger charge is 2.19. The van der Waals surface area contributed by atoms with E-state index in [9.17, 15) is 4.79 Å². The predicted octanol–water partition coefficient (Wildman–Crippen LogP) is 3.64. The molecule has 5 heteroatoms. The van der Waals surface area contributed by atoms with Gasteiger partial charge in [0.05, 0.1) is 0 Å². The Kier molecular flexibility index (Phi) is 6.19. The fraction of sp³-hybridized carbons (Fsp3) is 0.130. The van der Waals surface area contributed by atoms with Gasteiger partial charge in [-0.25, -0.2) is 0 Å². The second-order valence-corrected chi connectivity index (χ2v) is 6.43. The number of rotatable bonds is 7. The number of nitrogens with one attached hydrogen (secondary N) is 2. The molecule has 0 spiro atoms. The first kappa shape index (κ1) is 19.3. The number of benzene rings is 3. The number of hydrogen-bond acceptors (Lipinski definition) is 3. The third-order valence-electron chi connectivity index (χ3n) is 4.53. The highest BCUT2D eigenvalue weighted by atomic mass is 16.5. The lowest BCUT2D eigenvalue weighted by atomic mass is 10.0. The monoisotopic (exact) mass is 373 g/mol. The molecule has 3 rings (SSSR count). The number of amidine groups is 1. The molecule has 0 saturated heterocycles. The molecule has 142 valence electrons. The van der Waals surface area contributed by atoms with Crippen molar-refractivity contribution >= 4 is 11.7 Å². The third kappa shape index (κ3) is 4.64. The maximum absolute atomic E-state index is 12.6. The highest BCUT2D eigenvalue weighted by molar-refractivity contribution is 5.94. The number of carbonyl (C=O) groups excluding carboxylic acids is 1. The van der Waals surface area contributed by atoms with Gasteiger partial charge in [0, 0.05) is 19.2 Å². The van der Waals surface area contributed by atoms with Gasteiger partial charge in [0.1, 0.15) is 5.84 Å². The van der Waals surface area contributed by atoms with E-state index >= 15 is 0 Å². The van der Waals surface area contributed by atoms with Crippen LogP contribution in [0.3, 0.4) is 0 Å². The topological polar surface area (TPSA) is 88.2 Å². The van der Waals surface area contributed by atoms with Crippen LogP contribution in [0.2, 0.25) is 0 Å². The summed E-state index contributed by atoms with van der Waals surface area (Å²) >= 11 is 0. The van der Waals surface area contributed by atoms with Crippen LogP contribution in [-0.4, -0.2) is 18.9 Å². The Labute approximate surface area is 164 Å². The van der Waals surface area contributed by atoms with Crippen LogP contribution in [0.15, 0.2) is 78.9 Å². The van der Waals surface area contributed by atoms with Gasteiger partial charge in [0.2, 0.25) is 0 Å². The number of nitrogen functional groups attached to an aromatic ring is 1. The van der Waals surface area contributed by atoms with Crippen LogP contribution in [0, 0.1) is 5.41 Å². The molecule has 0 radical (unpaired) electrons. The Morgan fingerprint density at radius 3 is 2.14 bits per heavy atom. The smallest absolute Gasteiger partial charge is 0.254 e. The SMILES string of the molecule is COC(C(=O)NCc1ccc(C(=N)N)cc1)c1ccc(-c2ccccc2)cc1. The van der Waals surface area contributed by atoms with E-state index in [-0.39, 0.29) is 11.7 Å². The molecule has 0 aliphatic carbocycles. The maximum atomic E-state index is 12.6. The number of hydrogen-bond donors (Lipinski definition) is 3. The van der Waals surface area contributed by atoms with Crippen molar-refractivity contribution < 1.29 is 9.53 Å². The second kappa shape index (κ2) is 8.97. The van der Waals surface area contributed by atoms with E-state index in [1.165, 1.54) is 7.11 Å². The zero-order valence-corrected chi connectivity index (χ0v) is 15.7. The first-order valence-corrected chi connectivity index (χ1v) is 8.97. The number of ether oxygens (including phenoxy) is 1. The molecule has 1 unspecified atom stereocenters. The molecule has 5 nitrogen and oxygen atoms in total. The molecule has 0 bridgehead atoms. The Balaban J connectivity index is 1.65. The van der Waals surface area contributed by atoms with Crippen LogP contribution in [0.4, 0.5) is 0 Å². The minimum absolute atomic E-state index is 0.0222. The third-order valence-corrected chi connectivity index (χ3v) is 4.53. The van der Waals surface area contributed by atoms with Gasteiger partial charge < -0.3 is 15.8 Å². The van der Waals surface area contributed by atoms with Crippen molar-refractivity contribution in [3.8, 4) is 11.1 Å². The van der Waals surface area contributed by atoms with Crippen molar-refractivity contribution in [2.75, 3.05) is 7.11 Å². The molecule has 4 N–H and O–H groups in total. The minimum atomic E-state index is -0.679. The number of nitrogens with two attached hydrogens (primary N) is 1. The first-order chi connectivity index (χ1) is 13.6. The summed E-state index contributed by atoms with van der Waals surface area (Å²) < 4.78 is 5.43. The van der Waals surface area contributed by atoms with Crippen molar-refractivity contribution in [2.45, 2.75) is 12.6 Å². The summed E-state index contributed by atoms with van der Waals surface area (Å²) in [6, 6.07) is 25.1. The Morgan fingerprint density at radius 2 is 1.57 bits per heavy atom. The largest absolute Gasteiger partial charge is 0.384 e. The summed E-state index contributed by atoms with van der Waals surface area (Å²) in [5.74, 6) is -0.181. The van der Waals surface area contributed by atoms with Crippen LogP contribution in [0.25, 0.3) is 11.1 Å². The van der Waals surface area contributed by atoms with Gasteiger partial charge in [0.25, 0.3) is 5.91 Å². The zero-order valence-electron chi connectivity index (χ0n) is 15.7. The lowest BCUT2D eigenvalue weighted by Crippen LogP contribution is -2.30. The quantitative estimate of drug-likeness (QED) is 0.436. The Hall–Kier alpha value is -3.44. The van der Waals surface area contributed by atoms with E-state index in [1.807, 2.05) is 66.7 Å². The van der Waals surface area contributed by atoms with Gasteiger partial charge in [-0.3, -0.25) is 10.2 Å². The summed E-state index contributed by atoms with van der Waals surface area (Å²) in [4.78, 5) is 12.6. The van der Waals surface area contributed by atoms with Crippen LogP contribution in [0.1, 0.15) is 22.8 Å². The van der Waals surface area contributed by atoms with E-state index in [1.54, 1.807) is 12.1 Å². The van der Waals surface area contributed by atoms with Crippen molar-refractivity contribution in [3.05, 3.63) is 95.6 Å². The van der Waals surface area contributed by atoms with E-state index in [0.717, 1.165) is 22.3 Å². The van der Waals surface area contributed by atoms with Crippen LogP contribution < -0.4 is 11.1 Å². The summed E-state index contributed by atoms with van der Waals surface area (Å²) in [7, 11) is 1.52. The molecule has 0 aliphatic heterocycles. The van der Waals surface area contributed by atoms with Crippen LogP contribution >= 0.6 is 0 Å². The van der Waals surface area contributed by atoms with Crippen molar-refractivity contribution in [2.24, 2.45) is 5.73 Å². The fourth-order valence-corrected chi connectivity index (χ4v) is 2.96. The molecule has 0 aliphatic rings. The van der Waals surface area contributed by atoms with E-state index < -0.39 is 6.10 Å². The molecule has 1 atom stereocenters. The normalized spacial score (nSPS) is 11.6. The molecular weight excluding hydrogens is 350 g/mol. The summed E-state index contributed by atoms with van der Waals surface area (Å²) in [5.41, 5.74) is 10.0. The molecule has 1 amide bonds. The molecule has 0 aromatic heterocycles.